The summed E-state index contributed by atoms with van der Waals surface area (Å²) in [5, 5.41) is 21.7. The number of carboxylic acid groups (broad SMARTS) is 1. The monoisotopic (exact) mass is 423 g/mol. The summed E-state index contributed by atoms with van der Waals surface area (Å²) in [6, 6.07) is 11.0. The van der Waals surface area contributed by atoms with Crippen molar-refractivity contribution in [2.75, 3.05) is 12.4 Å². The summed E-state index contributed by atoms with van der Waals surface area (Å²) < 4.78 is 11.8. The second-order valence-corrected chi connectivity index (χ2v) is 8.32. The molecule has 2 aromatic rings. The zero-order valence-electron chi connectivity index (χ0n) is 17.8. The Bertz CT molecular complexity index is 935. The van der Waals surface area contributed by atoms with Crippen LogP contribution in [0.15, 0.2) is 36.4 Å². The standard InChI is InChI=1S/C24H29N3O4/c1-30-17-10-12-18(13-11-17)31-20-14-19(24(28)29)27-23(26-16-8-3-2-4-9-16)21(20)22(25)15-6-5-7-15/h2-4,8-9,14-15,17-18,25H,5-7,10-13H2,1H3,(H,26,27)(H,28,29)/t17-,18+. The van der Waals surface area contributed by atoms with Gasteiger partial charge in [-0.2, -0.15) is 0 Å². The predicted molar refractivity (Wildman–Crippen MR) is 119 cm³/mol. The number of rotatable bonds is 8. The zero-order valence-corrected chi connectivity index (χ0v) is 17.8. The van der Waals surface area contributed by atoms with E-state index in [0.717, 1.165) is 50.6 Å². The minimum absolute atomic E-state index is 0.0343. The quantitative estimate of drug-likeness (QED) is 0.515. The maximum absolute atomic E-state index is 11.8. The van der Waals surface area contributed by atoms with Crippen LogP contribution < -0.4 is 10.1 Å². The van der Waals surface area contributed by atoms with Crippen LogP contribution in [0.1, 0.15) is 61.0 Å². The molecule has 3 N–H and O–H groups in total. The highest BCUT2D eigenvalue weighted by molar-refractivity contribution is 6.07. The summed E-state index contributed by atoms with van der Waals surface area (Å²) in [6.07, 6.45) is 6.72. The minimum Gasteiger partial charge on any atom is -0.490 e. The summed E-state index contributed by atoms with van der Waals surface area (Å²) >= 11 is 0. The molecule has 7 nitrogen and oxygen atoms in total. The number of hydrogen-bond donors (Lipinski definition) is 3. The van der Waals surface area contributed by atoms with E-state index in [0.29, 0.717) is 22.8 Å². The van der Waals surface area contributed by atoms with Crippen LogP contribution in [0.4, 0.5) is 11.5 Å². The summed E-state index contributed by atoms with van der Waals surface area (Å²) in [4.78, 5) is 16.2. The molecule has 2 aliphatic carbocycles. The van der Waals surface area contributed by atoms with Gasteiger partial charge in [-0.3, -0.25) is 0 Å². The van der Waals surface area contributed by atoms with Gasteiger partial charge in [-0.25, -0.2) is 9.78 Å². The van der Waals surface area contributed by atoms with Gasteiger partial charge in [0, 0.05) is 30.5 Å². The van der Waals surface area contributed by atoms with Crippen molar-refractivity contribution in [2.24, 2.45) is 5.92 Å². The van der Waals surface area contributed by atoms with Crippen molar-refractivity contribution in [3.63, 3.8) is 0 Å². The minimum atomic E-state index is -1.12. The number of carbonyl (C=O) groups is 1. The lowest BCUT2D eigenvalue weighted by molar-refractivity contribution is 0.0326. The first-order valence-electron chi connectivity index (χ1n) is 10.9. The Morgan fingerprint density at radius 2 is 1.77 bits per heavy atom. The molecule has 2 saturated carbocycles. The molecule has 7 heteroatoms. The Morgan fingerprint density at radius 3 is 2.35 bits per heavy atom. The van der Waals surface area contributed by atoms with Crippen LogP contribution in [0.5, 0.6) is 5.75 Å². The van der Waals surface area contributed by atoms with Crippen molar-refractivity contribution in [3.8, 4) is 5.75 Å². The van der Waals surface area contributed by atoms with E-state index in [4.69, 9.17) is 14.9 Å². The maximum atomic E-state index is 11.8. The molecule has 0 aliphatic heterocycles. The molecule has 0 saturated heterocycles. The van der Waals surface area contributed by atoms with Gasteiger partial charge in [-0.15, -0.1) is 0 Å². The van der Waals surface area contributed by atoms with Crippen molar-refractivity contribution in [3.05, 3.63) is 47.7 Å². The fraction of sp³-hybridized carbons (Fsp3) is 0.458. The molecule has 1 heterocycles. The summed E-state index contributed by atoms with van der Waals surface area (Å²) in [5.74, 6) is -0.168. The van der Waals surface area contributed by atoms with Gasteiger partial charge < -0.3 is 25.3 Å². The van der Waals surface area contributed by atoms with E-state index in [1.165, 1.54) is 6.07 Å². The molecule has 2 aliphatic rings. The second kappa shape index (κ2) is 9.47. The highest BCUT2D eigenvalue weighted by atomic mass is 16.5. The Labute approximate surface area is 182 Å². The number of methoxy groups -OCH3 is 1. The summed E-state index contributed by atoms with van der Waals surface area (Å²) in [5.41, 5.74) is 1.73. The van der Waals surface area contributed by atoms with E-state index >= 15 is 0 Å². The Kier molecular flexibility index (Phi) is 6.51. The van der Waals surface area contributed by atoms with Gasteiger partial charge in [-0.1, -0.05) is 24.6 Å². The number of pyridine rings is 1. The van der Waals surface area contributed by atoms with Crippen LogP contribution in [-0.2, 0) is 4.74 Å². The summed E-state index contributed by atoms with van der Waals surface area (Å²) in [7, 11) is 1.73. The lowest BCUT2D eigenvalue weighted by Gasteiger charge is -2.31. The topological polar surface area (TPSA) is 105 Å². The highest BCUT2D eigenvalue weighted by Gasteiger charge is 2.31. The van der Waals surface area contributed by atoms with Gasteiger partial charge in [-0.05, 0) is 50.7 Å². The third kappa shape index (κ3) is 4.88. The highest BCUT2D eigenvalue weighted by Crippen LogP contribution is 2.38. The number of ether oxygens (including phenoxy) is 2. The molecule has 0 bridgehead atoms. The van der Waals surface area contributed by atoms with Crippen LogP contribution in [-0.4, -0.2) is 41.1 Å². The predicted octanol–water partition coefficient (Wildman–Crippen LogP) is 5.03. The molecule has 4 rings (SSSR count). The fourth-order valence-electron chi connectivity index (χ4n) is 4.20. The molecular formula is C24H29N3O4. The molecular weight excluding hydrogens is 394 g/mol. The molecule has 164 valence electrons. The normalized spacial score (nSPS) is 21.2. The van der Waals surface area contributed by atoms with Crippen molar-refractivity contribution in [2.45, 2.75) is 57.2 Å². The molecule has 0 radical (unpaired) electrons. The number of nitrogens with zero attached hydrogens (tertiary/aromatic N) is 1. The average Bonchev–Trinajstić information content (AvgIpc) is 2.73. The number of nitrogens with one attached hydrogen (secondary N) is 2. The molecule has 0 spiro atoms. The lowest BCUT2D eigenvalue weighted by atomic mass is 9.79. The van der Waals surface area contributed by atoms with Gasteiger partial charge in [0.05, 0.1) is 17.8 Å². The number of carboxylic acids is 1. The molecule has 0 atom stereocenters. The number of aromatic nitrogens is 1. The Balaban J connectivity index is 1.71. The van der Waals surface area contributed by atoms with E-state index in [1.54, 1.807) is 7.11 Å². The van der Waals surface area contributed by atoms with E-state index in [-0.39, 0.29) is 23.8 Å². The van der Waals surface area contributed by atoms with Gasteiger partial charge in [0.15, 0.2) is 5.69 Å². The number of benzene rings is 1. The number of aromatic carboxylic acids is 1. The summed E-state index contributed by atoms with van der Waals surface area (Å²) in [6.45, 7) is 0. The second-order valence-electron chi connectivity index (χ2n) is 8.32. The van der Waals surface area contributed by atoms with Crippen molar-refractivity contribution < 1.29 is 19.4 Å². The SMILES string of the molecule is CO[C@H]1CC[C@@H](Oc2cc(C(=O)O)nc(Nc3ccccc3)c2C(=N)C2CCC2)CC1. The number of para-hydroxylation sites is 1. The van der Waals surface area contributed by atoms with Crippen LogP contribution in [0.3, 0.4) is 0 Å². The Morgan fingerprint density at radius 1 is 1.10 bits per heavy atom. The van der Waals surface area contributed by atoms with Crippen LogP contribution >= 0.6 is 0 Å². The molecule has 31 heavy (non-hydrogen) atoms. The fourth-order valence-corrected chi connectivity index (χ4v) is 4.20. The van der Waals surface area contributed by atoms with Crippen molar-refractivity contribution in [1.29, 1.82) is 5.41 Å². The molecule has 1 aromatic carbocycles. The average molecular weight is 424 g/mol. The zero-order chi connectivity index (χ0) is 21.8. The van der Waals surface area contributed by atoms with Gasteiger partial charge >= 0.3 is 5.97 Å². The number of hydrogen-bond acceptors (Lipinski definition) is 6. The van der Waals surface area contributed by atoms with Crippen LogP contribution in [0.25, 0.3) is 0 Å². The van der Waals surface area contributed by atoms with Crippen LogP contribution in [0, 0.1) is 11.3 Å². The van der Waals surface area contributed by atoms with E-state index < -0.39 is 5.97 Å². The van der Waals surface area contributed by atoms with E-state index in [9.17, 15) is 9.90 Å². The van der Waals surface area contributed by atoms with Crippen molar-refractivity contribution >= 4 is 23.2 Å². The first-order chi connectivity index (χ1) is 15.0. The maximum Gasteiger partial charge on any atom is 0.354 e. The molecule has 0 unspecified atom stereocenters. The van der Waals surface area contributed by atoms with Gasteiger partial charge in [0.1, 0.15) is 11.6 Å². The molecule has 0 amide bonds. The molecule has 1 aromatic heterocycles. The Hall–Kier alpha value is -2.93. The van der Waals surface area contributed by atoms with Gasteiger partial charge in [0.2, 0.25) is 0 Å². The lowest BCUT2D eigenvalue weighted by Crippen LogP contribution is -2.29. The van der Waals surface area contributed by atoms with E-state index in [2.05, 4.69) is 10.3 Å². The third-order valence-electron chi connectivity index (χ3n) is 6.27. The third-order valence-corrected chi connectivity index (χ3v) is 6.27. The van der Waals surface area contributed by atoms with Crippen molar-refractivity contribution in [1.82, 2.24) is 4.98 Å². The smallest absolute Gasteiger partial charge is 0.354 e. The first kappa shape index (κ1) is 21.3. The van der Waals surface area contributed by atoms with Gasteiger partial charge in [0.25, 0.3) is 0 Å². The van der Waals surface area contributed by atoms with E-state index in [1.807, 2.05) is 30.3 Å². The molecule has 2 fully saturated rings. The largest absolute Gasteiger partial charge is 0.490 e. The van der Waals surface area contributed by atoms with Crippen LogP contribution in [0.2, 0.25) is 0 Å². The number of anilines is 2. The first-order valence-corrected chi connectivity index (χ1v) is 10.9.